The predicted molar refractivity (Wildman–Crippen MR) is 96.2 cm³/mol. The molecule has 0 N–H and O–H groups in total. The average molecular weight is 360 g/mol. The second kappa shape index (κ2) is 6.75. The molecule has 0 atom stereocenters. The molecule has 1 aromatic heterocycles. The molecule has 132 valence electrons. The van der Waals surface area contributed by atoms with E-state index in [-0.39, 0.29) is 23.5 Å². The van der Waals surface area contributed by atoms with Gasteiger partial charge in [-0.3, -0.25) is 9.59 Å². The van der Waals surface area contributed by atoms with Crippen molar-refractivity contribution in [2.24, 2.45) is 5.92 Å². The molecular weight excluding hydrogens is 339 g/mol. The lowest BCUT2D eigenvalue weighted by molar-refractivity contribution is -0.136. The molecule has 2 heterocycles. The molecule has 6 heteroatoms. The van der Waals surface area contributed by atoms with Crippen molar-refractivity contribution < 1.29 is 14.0 Å². The Morgan fingerprint density at radius 2 is 1.72 bits per heavy atom. The van der Waals surface area contributed by atoms with E-state index in [1.165, 1.54) is 17.4 Å². The summed E-state index contributed by atoms with van der Waals surface area (Å²) < 4.78 is 14.6. The number of halogens is 1. The van der Waals surface area contributed by atoms with E-state index in [0.29, 0.717) is 36.4 Å². The number of fused-ring (bicyclic) bond motifs is 1. The maximum Gasteiger partial charge on any atom is 0.264 e. The van der Waals surface area contributed by atoms with E-state index in [4.69, 9.17) is 0 Å². The van der Waals surface area contributed by atoms with Crippen molar-refractivity contribution in [3.63, 3.8) is 0 Å². The van der Waals surface area contributed by atoms with Gasteiger partial charge in [-0.25, -0.2) is 4.39 Å². The number of nitrogens with zero attached hydrogens (tertiary/aromatic N) is 2. The van der Waals surface area contributed by atoms with Crippen LogP contribution >= 0.6 is 11.3 Å². The molecule has 25 heavy (non-hydrogen) atoms. The minimum absolute atomic E-state index is 0.0615. The van der Waals surface area contributed by atoms with Crippen molar-refractivity contribution in [2.45, 2.75) is 25.7 Å². The van der Waals surface area contributed by atoms with Crippen molar-refractivity contribution in [3.05, 3.63) is 35.0 Å². The van der Waals surface area contributed by atoms with Gasteiger partial charge in [-0.15, -0.1) is 11.3 Å². The number of hydrogen-bond acceptors (Lipinski definition) is 3. The Labute approximate surface area is 150 Å². The smallest absolute Gasteiger partial charge is 0.264 e. The summed E-state index contributed by atoms with van der Waals surface area (Å²) >= 11 is 1.33. The maximum atomic E-state index is 13.8. The quantitative estimate of drug-likeness (QED) is 0.822. The number of piperazine rings is 1. The number of benzene rings is 1. The number of carbonyl (C=O) groups excluding carboxylic acids is 2. The molecule has 2 amide bonds. The Kier molecular flexibility index (Phi) is 4.46. The Morgan fingerprint density at radius 3 is 2.40 bits per heavy atom. The summed E-state index contributed by atoms with van der Waals surface area (Å²) in [6.07, 6.45) is 4.31. The van der Waals surface area contributed by atoms with Crippen LogP contribution in [0.5, 0.6) is 0 Å². The van der Waals surface area contributed by atoms with Crippen LogP contribution in [-0.4, -0.2) is 47.8 Å². The fourth-order valence-electron chi connectivity index (χ4n) is 3.85. The highest BCUT2D eigenvalue weighted by molar-refractivity contribution is 7.20. The first-order valence-corrected chi connectivity index (χ1v) is 9.71. The summed E-state index contributed by atoms with van der Waals surface area (Å²) in [5, 5.41) is 0.505. The Balaban J connectivity index is 1.42. The molecule has 4 rings (SSSR count). The van der Waals surface area contributed by atoms with Crippen molar-refractivity contribution in [2.75, 3.05) is 26.2 Å². The van der Waals surface area contributed by atoms with Gasteiger partial charge in [-0.05, 0) is 31.0 Å². The molecule has 0 unspecified atom stereocenters. The molecule has 0 spiro atoms. The Hall–Kier alpha value is -1.95. The van der Waals surface area contributed by atoms with Crippen molar-refractivity contribution in [1.29, 1.82) is 0 Å². The molecule has 1 aromatic carbocycles. The number of carbonyl (C=O) groups is 2. The second-order valence-electron chi connectivity index (χ2n) is 6.86. The van der Waals surface area contributed by atoms with Gasteiger partial charge in [0.05, 0.1) is 4.88 Å². The van der Waals surface area contributed by atoms with Crippen LogP contribution in [0.15, 0.2) is 24.3 Å². The van der Waals surface area contributed by atoms with Crippen LogP contribution in [0.25, 0.3) is 10.1 Å². The summed E-state index contributed by atoms with van der Waals surface area (Å²) in [6.45, 7) is 2.29. The lowest BCUT2D eigenvalue weighted by Gasteiger charge is -2.35. The van der Waals surface area contributed by atoms with Crippen LogP contribution in [0.3, 0.4) is 0 Å². The van der Waals surface area contributed by atoms with E-state index in [2.05, 4.69) is 0 Å². The zero-order chi connectivity index (χ0) is 17.4. The molecule has 1 aliphatic heterocycles. The lowest BCUT2D eigenvalue weighted by Crippen LogP contribution is -2.51. The number of rotatable bonds is 2. The van der Waals surface area contributed by atoms with Crippen molar-refractivity contribution in [1.82, 2.24) is 9.80 Å². The first-order valence-electron chi connectivity index (χ1n) is 8.89. The zero-order valence-electron chi connectivity index (χ0n) is 14.0. The molecule has 1 aliphatic carbocycles. The number of thiophene rings is 1. The highest BCUT2D eigenvalue weighted by atomic mass is 32.1. The summed E-state index contributed by atoms with van der Waals surface area (Å²) in [5.74, 6) is 0.0923. The third kappa shape index (κ3) is 3.15. The predicted octanol–water partition coefficient (Wildman–Crippen LogP) is 3.52. The fraction of sp³-hybridized carbons (Fsp3) is 0.474. The van der Waals surface area contributed by atoms with Gasteiger partial charge in [-0.2, -0.15) is 0 Å². The third-order valence-electron chi connectivity index (χ3n) is 5.30. The van der Waals surface area contributed by atoms with Gasteiger partial charge in [0.25, 0.3) is 5.91 Å². The average Bonchev–Trinajstić information content (AvgIpc) is 3.31. The number of amides is 2. The first-order chi connectivity index (χ1) is 12.1. The van der Waals surface area contributed by atoms with Gasteiger partial charge in [-0.1, -0.05) is 18.9 Å². The standard InChI is InChI=1S/C19H21FN2O2S/c20-15-6-3-7-16-14(15)12-17(25-16)19(24)22-10-8-21(9-11-22)18(23)13-4-1-2-5-13/h3,6-7,12-13H,1-2,4-5,8-11H2. The van der Waals surface area contributed by atoms with Gasteiger partial charge in [0, 0.05) is 42.2 Å². The topological polar surface area (TPSA) is 40.6 Å². The molecule has 2 fully saturated rings. The molecule has 1 saturated heterocycles. The summed E-state index contributed by atoms with van der Waals surface area (Å²) in [7, 11) is 0. The highest BCUT2D eigenvalue weighted by Crippen LogP contribution is 2.29. The monoisotopic (exact) mass is 360 g/mol. The van der Waals surface area contributed by atoms with Gasteiger partial charge in [0.2, 0.25) is 5.91 Å². The molecule has 0 bridgehead atoms. The largest absolute Gasteiger partial charge is 0.339 e. The van der Waals surface area contributed by atoms with Crippen molar-refractivity contribution >= 4 is 33.2 Å². The second-order valence-corrected chi connectivity index (χ2v) is 7.94. The minimum Gasteiger partial charge on any atom is -0.339 e. The lowest BCUT2D eigenvalue weighted by atomic mass is 10.1. The SMILES string of the molecule is O=C(c1cc2c(F)cccc2s1)N1CCN(C(=O)C2CCCC2)CC1. The van der Waals surface area contributed by atoms with Gasteiger partial charge >= 0.3 is 0 Å². The molecular formula is C19H21FN2O2S. The Bertz CT molecular complexity index is 805. The van der Waals surface area contributed by atoms with E-state index >= 15 is 0 Å². The first kappa shape index (κ1) is 16.5. The molecule has 2 aliphatic rings. The molecule has 0 radical (unpaired) electrons. The fourth-order valence-corrected chi connectivity index (χ4v) is 4.89. The maximum absolute atomic E-state index is 13.8. The van der Waals surface area contributed by atoms with Gasteiger partial charge in [0.1, 0.15) is 5.82 Å². The zero-order valence-corrected chi connectivity index (χ0v) is 14.9. The number of hydrogen-bond donors (Lipinski definition) is 0. The van der Waals surface area contributed by atoms with Gasteiger partial charge in [0.15, 0.2) is 0 Å². The summed E-state index contributed by atoms with van der Waals surface area (Å²) in [4.78, 5) is 29.5. The van der Waals surface area contributed by atoms with Crippen LogP contribution < -0.4 is 0 Å². The van der Waals surface area contributed by atoms with Gasteiger partial charge < -0.3 is 9.80 Å². The Morgan fingerprint density at radius 1 is 1.04 bits per heavy atom. The van der Waals surface area contributed by atoms with Crippen LogP contribution in [0.2, 0.25) is 0 Å². The molecule has 4 nitrogen and oxygen atoms in total. The van der Waals surface area contributed by atoms with E-state index in [0.717, 1.165) is 30.4 Å². The third-order valence-corrected chi connectivity index (χ3v) is 6.39. The van der Waals surface area contributed by atoms with Crippen molar-refractivity contribution in [3.8, 4) is 0 Å². The molecule has 1 saturated carbocycles. The van der Waals surface area contributed by atoms with E-state index < -0.39 is 0 Å². The minimum atomic E-state index is -0.292. The van der Waals surface area contributed by atoms with Crippen LogP contribution in [0.4, 0.5) is 4.39 Å². The van der Waals surface area contributed by atoms with Crippen LogP contribution in [0, 0.1) is 11.7 Å². The van der Waals surface area contributed by atoms with Crippen LogP contribution in [0.1, 0.15) is 35.4 Å². The normalized spacial score (nSPS) is 18.9. The highest BCUT2D eigenvalue weighted by Gasteiger charge is 2.31. The summed E-state index contributed by atoms with van der Waals surface area (Å²) in [6, 6.07) is 6.55. The van der Waals surface area contributed by atoms with E-state index in [9.17, 15) is 14.0 Å². The van der Waals surface area contributed by atoms with E-state index in [1.54, 1.807) is 17.0 Å². The van der Waals surface area contributed by atoms with E-state index in [1.807, 2.05) is 11.0 Å². The summed E-state index contributed by atoms with van der Waals surface area (Å²) in [5.41, 5.74) is 0. The van der Waals surface area contributed by atoms with Crippen LogP contribution in [-0.2, 0) is 4.79 Å². The molecule has 2 aromatic rings.